The molecular weight excluding hydrogens is 288 g/mol. The molecule has 4 nitrogen and oxygen atoms in total. The smallest absolute Gasteiger partial charge is 0.326 e. The normalized spacial score (nSPS) is 14.6. The van der Waals surface area contributed by atoms with Gasteiger partial charge in [-0.1, -0.05) is 60.7 Å². The zero-order valence-electron chi connectivity index (χ0n) is 11.1. The van der Waals surface area contributed by atoms with Crippen molar-refractivity contribution in [3.63, 3.8) is 0 Å². The van der Waals surface area contributed by atoms with Crippen molar-refractivity contribution in [2.24, 2.45) is 0 Å². The molecule has 2 rings (SSSR count). The zero-order chi connectivity index (χ0) is 15.3. The fraction of sp³-hybridized carbons (Fsp3) is 0.125. The molecule has 2 aromatic carbocycles. The first-order chi connectivity index (χ1) is 10.1. The summed E-state index contributed by atoms with van der Waals surface area (Å²) in [4.78, 5) is 14.9. The van der Waals surface area contributed by atoms with Gasteiger partial charge < -0.3 is 10.6 Å². The summed E-state index contributed by atoms with van der Waals surface area (Å²) in [5.41, 5.74) is 7.50. The summed E-state index contributed by atoms with van der Waals surface area (Å²) >= 11 is 6.36. The highest BCUT2D eigenvalue weighted by Crippen LogP contribution is 2.40. The summed E-state index contributed by atoms with van der Waals surface area (Å²) in [6.07, 6.45) is 0.658. The Hall–Kier alpha value is -2.26. The topological polar surface area (TPSA) is 73.7 Å². The van der Waals surface area contributed by atoms with Gasteiger partial charge in [-0.05, 0) is 11.1 Å². The molecule has 0 heterocycles. The Morgan fingerprint density at radius 1 is 1.14 bits per heavy atom. The van der Waals surface area contributed by atoms with Crippen LogP contribution in [0.5, 0.6) is 0 Å². The van der Waals surface area contributed by atoms with Gasteiger partial charge in [-0.3, -0.25) is 4.79 Å². The van der Waals surface area contributed by atoms with Gasteiger partial charge in [0.15, 0.2) is 5.60 Å². The second-order valence-electron chi connectivity index (χ2n) is 4.51. The van der Waals surface area contributed by atoms with Crippen LogP contribution in [-0.4, -0.2) is 21.9 Å². The standard InChI is InChI=1S/C16H13ClN2O2/c17-15(12-7-3-1-4-8-12)16(21,14(20)11-19-18)13-9-5-2-6-10-13/h1-11,15,21H/t15-,16-/m1/s1. The molecule has 0 aliphatic rings. The summed E-state index contributed by atoms with van der Waals surface area (Å²) in [6.45, 7) is 0. The SMILES string of the molecule is [N-]=[N+]=CC(=O)[C@](O)(c1ccccc1)[C@H](Cl)c1ccccc1. The van der Waals surface area contributed by atoms with Crippen LogP contribution in [0, 0.1) is 0 Å². The molecule has 5 heteroatoms. The average molecular weight is 301 g/mol. The van der Waals surface area contributed by atoms with Crippen LogP contribution in [0.4, 0.5) is 0 Å². The van der Waals surface area contributed by atoms with Crippen LogP contribution in [0.1, 0.15) is 16.5 Å². The predicted molar refractivity (Wildman–Crippen MR) is 80.1 cm³/mol. The maximum absolute atomic E-state index is 12.2. The van der Waals surface area contributed by atoms with Crippen LogP contribution in [0.2, 0.25) is 0 Å². The van der Waals surface area contributed by atoms with Crippen molar-refractivity contribution in [2.75, 3.05) is 0 Å². The summed E-state index contributed by atoms with van der Waals surface area (Å²) in [6, 6.07) is 17.1. The van der Waals surface area contributed by atoms with E-state index in [1.54, 1.807) is 54.6 Å². The highest BCUT2D eigenvalue weighted by Gasteiger charge is 2.46. The largest absolute Gasteiger partial charge is 0.375 e. The van der Waals surface area contributed by atoms with Crippen LogP contribution in [0.15, 0.2) is 60.7 Å². The van der Waals surface area contributed by atoms with Gasteiger partial charge in [-0.15, -0.1) is 11.6 Å². The highest BCUT2D eigenvalue weighted by atomic mass is 35.5. The first-order valence-electron chi connectivity index (χ1n) is 6.29. The van der Waals surface area contributed by atoms with Crippen LogP contribution in [-0.2, 0) is 10.4 Å². The van der Waals surface area contributed by atoms with Crippen molar-refractivity contribution in [2.45, 2.75) is 11.0 Å². The van der Waals surface area contributed by atoms with Gasteiger partial charge in [0.25, 0.3) is 5.78 Å². The predicted octanol–water partition coefficient (Wildman–Crippen LogP) is 2.72. The Labute approximate surface area is 127 Å². The molecule has 0 saturated carbocycles. The van der Waals surface area contributed by atoms with Crippen molar-refractivity contribution in [1.29, 1.82) is 0 Å². The van der Waals surface area contributed by atoms with Crippen LogP contribution in [0.25, 0.3) is 5.53 Å². The molecule has 21 heavy (non-hydrogen) atoms. The number of carbonyl (C=O) groups excluding carboxylic acids is 1. The van der Waals surface area contributed by atoms with E-state index in [1.807, 2.05) is 6.07 Å². The Morgan fingerprint density at radius 3 is 2.19 bits per heavy atom. The number of rotatable bonds is 5. The minimum Gasteiger partial charge on any atom is -0.375 e. The van der Waals surface area contributed by atoms with E-state index >= 15 is 0 Å². The van der Waals surface area contributed by atoms with E-state index in [0.717, 1.165) is 0 Å². The highest BCUT2D eigenvalue weighted by molar-refractivity contribution is 6.33. The second-order valence-corrected chi connectivity index (χ2v) is 4.95. The van der Waals surface area contributed by atoms with Gasteiger partial charge in [0, 0.05) is 0 Å². The van der Waals surface area contributed by atoms with Crippen molar-refractivity contribution in [3.05, 3.63) is 77.3 Å². The minimum atomic E-state index is -2.02. The number of benzene rings is 2. The third-order valence-electron chi connectivity index (χ3n) is 3.22. The van der Waals surface area contributed by atoms with E-state index in [2.05, 4.69) is 4.79 Å². The fourth-order valence-electron chi connectivity index (χ4n) is 2.12. The maximum atomic E-state index is 12.2. The number of halogens is 1. The van der Waals surface area contributed by atoms with Crippen LogP contribution >= 0.6 is 11.6 Å². The first-order valence-corrected chi connectivity index (χ1v) is 6.73. The van der Waals surface area contributed by atoms with E-state index in [9.17, 15) is 9.90 Å². The van der Waals surface area contributed by atoms with Crippen LogP contribution < -0.4 is 0 Å². The summed E-state index contributed by atoms with van der Waals surface area (Å²) in [5.74, 6) is -0.792. The molecular formula is C16H13ClN2O2. The van der Waals surface area contributed by atoms with Gasteiger partial charge in [-0.25, -0.2) is 0 Å². The van der Waals surface area contributed by atoms with E-state index in [4.69, 9.17) is 17.1 Å². The Kier molecular flexibility index (Phi) is 4.66. The Balaban J connectivity index is 2.56. The average Bonchev–Trinajstić information content (AvgIpc) is 2.55. The lowest BCUT2D eigenvalue weighted by molar-refractivity contribution is -0.134. The summed E-state index contributed by atoms with van der Waals surface area (Å²) in [7, 11) is 0. The lowest BCUT2D eigenvalue weighted by Gasteiger charge is -2.29. The molecule has 0 amide bonds. The van der Waals surface area contributed by atoms with E-state index in [0.29, 0.717) is 17.3 Å². The van der Waals surface area contributed by atoms with Crippen LogP contribution in [0.3, 0.4) is 0 Å². The van der Waals surface area contributed by atoms with Crippen molar-refractivity contribution >= 4 is 23.6 Å². The number of carbonyl (C=O) groups is 1. The molecule has 0 aliphatic heterocycles. The van der Waals surface area contributed by atoms with Gasteiger partial charge in [0.05, 0.1) is 5.38 Å². The fourth-order valence-corrected chi connectivity index (χ4v) is 2.50. The van der Waals surface area contributed by atoms with Gasteiger partial charge in [-0.2, -0.15) is 4.79 Å². The molecule has 0 bridgehead atoms. The van der Waals surface area contributed by atoms with Crippen molar-refractivity contribution in [3.8, 4) is 0 Å². The molecule has 0 saturated heterocycles. The Morgan fingerprint density at radius 2 is 1.67 bits per heavy atom. The first kappa shape index (κ1) is 15.1. The number of hydrogen-bond donors (Lipinski definition) is 1. The van der Waals surface area contributed by atoms with Gasteiger partial charge >= 0.3 is 6.21 Å². The van der Waals surface area contributed by atoms with Gasteiger partial charge in [0.2, 0.25) is 0 Å². The van der Waals surface area contributed by atoms with E-state index < -0.39 is 16.8 Å². The van der Waals surface area contributed by atoms with Crippen molar-refractivity contribution < 1.29 is 14.7 Å². The molecule has 0 spiro atoms. The molecule has 0 aliphatic carbocycles. The monoisotopic (exact) mass is 300 g/mol. The molecule has 2 aromatic rings. The lowest BCUT2D eigenvalue weighted by atomic mass is 9.83. The van der Waals surface area contributed by atoms with Crippen molar-refractivity contribution in [1.82, 2.24) is 0 Å². The third kappa shape index (κ3) is 2.93. The summed E-state index contributed by atoms with van der Waals surface area (Å²) in [5, 5.41) is 9.90. The number of nitrogens with zero attached hydrogens (tertiary/aromatic N) is 2. The van der Waals surface area contributed by atoms with E-state index in [1.165, 1.54) is 0 Å². The number of alkyl halides is 1. The molecule has 2 atom stereocenters. The molecule has 0 fully saturated rings. The second kappa shape index (κ2) is 6.46. The molecule has 106 valence electrons. The number of Topliss-reactive ketones (excluding diaryl/α,β-unsaturated/α-hetero) is 1. The summed E-state index contributed by atoms with van der Waals surface area (Å²) < 4.78 is 0. The quantitative estimate of drug-likeness (QED) is 0.399. The van der Waals surface area contributed by atoms with Gasteiger partial charge in [0.1, 0.15) is 0 Å². The maximum Gasteiger partial charge on any atom is 0.326 e. The lowest BCUT2D eigenvalue weighted by Crippen LogP contribution is -2.40. The minimum absolute atomic E-state index is 0.332. The third-order valence-corrected chi connectivity index (χ3v) is 3.79. The van der Waals surface area contributed by atoms with E-state index in [-0.39, 0.29) is 0 Å². The molecule has 1 N–H and O–H groups in total. The molecule has 0 unspecified atom stereocenters. The number of hydrogen-bond acceptors (Lipinski definition) is 2. The number of aliphatic hydroxyl groups is 1. The Bertz CT molecular complexity index is 669. The molecule has 0 radical (unpaired) electrons. The number of ketones is 1. The molecule has 0 aromatic heterocycles. The zero-order valence-corrected chi connectivity index (χ0v) is 11.8.